The molecular formula is C19H29IN4O3. The van der Waals surface area contributed by atoms with Crippen molar-refractivity contribution in [3.05, 3.63) is 39.9 Å². The number of nitro benzene ring substituents is 1. The van der Waals surface area contributed by atoms with Crippen LogP contribution in [0, 0.1) is 10.1 Å². The van der Waals surface area contributed by atoms with Crippen molar-refractivity contribution in [1.29, 1.82) is 0 Å². The van der Waals surface area contributed by atoms with Crippen molar-refractivity contribution in [3.8, 4) is 0 Å². The Kier molecular flexibility index (Phi) is 9.26. The standard InChI is InChI=1S/C19H28N4O3.HI/c24-23(25)17-10-8-15(9-11-17)13-20-19(21-14-18-7-4-12-26-18)22-16-5-2-1-3-6-16;/h8-11,16,18H,1-7,12-14H2,(H2,20,21,22);1H. The van der Waals surface area contributed by atoms with Gasteiger partial charge in [0.05, 0.1) is 17.6 Å². The summed E-state index contributed by atoms with van der Waals surface area (Å²) in [6.45, 7) is 2.10. The molecule has 1 aliphatic heterocycles. The molecule has 2 N–H and O–H groups in total. The molecule has 3 rings (SSSR count). The van der Waals surface area contributed by atoms with Gasteiger partial charge in [0.25, 0.3) is 5.69 Å². The van der Waals surface area contributed by atoms with E-state index in [4.69, 9.17) is 9.73 Å². The highest BCUT2D eigenvalue weighted by Crippen LogP contribution is 2.18. The monoisotopic (exact) mass is 488 g/mol. The number of aliphatic imine (C=N–C) groups is 1. The lowest BCUT2D eigenvalue weighted by Gasteiger charge is -2.25. The molecule has 150 valence electrons. The molecule has 1 saturated heterocycles. The van der Waals surface area contributed by atoms with Gasteiger partial charge in [-0.15, -0.1) is 24.0 Å². The van der Waals surface area contributed by atoms with Crippen LogP contribution in [0.4, 0.5) is 5.69 Å². The fourth-order valence-corrected chi connectivity index (χ4v) is 3.50. The first-order chi connectivity index (χ1) is 12.7. The van der Waals surface area contributed by atoms with Gasteiger partial charge in [-0.2, -0.15) is 0 Å². The first kappa shape index (κ1) is 21.9. The summed E-state index contributed by atoms with van der Waals surface area (Å²) in [5, 5.41) is 17.7. The predicted octanol–water partition coefficient (Wildman–Crippen LogP) is 3.76. The van der Waals surface area contributed by atoms with Crippen molar-refractivity contribution in [2.45, 2.75) is 63.6 Å². The Bertz CT molecular complexity index is 612. The zero-order valence-corrected chi connectivity index (χ0v) is 17.9. The number of nitrogens with one attached hydrogen (secondary N) is 2. The van der Waals surface area contributed by atoms with E-state index < -0.39 is 0 Å². The predicted molar refractivity (Wildman–Crippen MR) is 117 cm³/mol. The van der Waals surface area contributed by atoms with E-state index in [0.29, 0.717) is 12.6 Å². The molecule has 0 bridgehead atoms. The average Bonchev–Trinajstić information content (AvgIpc) is 3.19. The molecule has 0 aromatic heterocycles. The molecule has 1 aliphatic carbocycles. The van der Waals surface area contributed by atoms with E-state index in [2.05, 4.69) is 10.6 Å². The zero-order valence-electron chi connectivity index (χ0n) is 15.6. The van der Waals surface area contributed by atoms with Crippen LogP contribution >= 0.6 is 24.0 Å². The van der Waals surface area contributed by atoms with E-state index >= 15 is 0 Å². The number of guanidine groups is 1. The van der Waals surface area contributed by atoms with Gasteiger partial charge >= 0.3 is 0 Å². The molecule has 7 nitrogen and oxygen atoms in total. The number of hydrogen-bond donors (Lipinski definition) is 2. The number of benzene rings is 1. The van der Waals surface area contributed by atoms with Crippen LogP contribution in [0.5, 0.6) is 0 Å². The Hall–Kier alpha value is -1.42. The van der Waals surface area contributed by atoms with Crippen LogP contribution in [0.2, 0.25) is 0 Å². The molecule has 1 aromatic carbocycles. The minimum absolute atomic E-state index is 0. The van der Waals surface area contributed by atoms with Gasteiger partial charge in [0.2, 0.25) is 0 Å². The summed E-state index contributed by atoms with van der Waals surface area (Å²) in [5.41, 5.74) is 1.06. The zero-order chi connectivity index (χ0) is 18.2. The second-order valence-electron chi connectivity index (χ2n) is 7.08. The second kappa shape index (κ2) is 11.4. The van der Waals surface area contributed by atoms with Crippen LogP contribution in [-0.2, 0) is 11.3 Å². The fourth-order valence-electron chi connectivity index (χ4n) is 3.50. The molecule has 27 heavy (non-hydrogen) atoms. The van der Waals surface area contributed by atoms with Gasteiger partial charge in [-0.1, -0.05) is 31.4 Å². The summed E-state index contributed by atoms with van der Waals surface area (Å²) in [5.74, 6) is 0.811. The van der Waals surface area contributed by atoms with Crippen LogP contribution in [0.25, 0.3) is 0 Å². The van der Waals surface area contributed by atoms with E-state index in [1.807, 2.05) is 0 Å². The number of ether oxygens (including phenoxy) is 1. The molecule has 1 saturated carbocycles. The van der Waals surface area contributed by atoms with E-state index in [1.165, 1.54) is 44.2 Å². The Labute approximate surface area is 177 Å². The molecule has 1 heterocycles. The lowest BCUT2D eigenvalue weighted by molar-refractivity contribution is -0.384. The van der Waals surface area contributed by atoms with Crippen LogP contribution in [0.3, 0.4) is 0 Å². The van der Waals surface area contributed by atoms with Crippen molar-refractivity contribution in [3.63, 3.8) is 0 Å². The third-order valence-electron chi connectivity index (χ3n) is 5.03. The van der Waals surface area contributed by atoms with Gasteiger partial charge in [0.15, 0.2) is 5.96 Å². The first-order valence-corrected chi connectivity index (χ1v) is 9.60. The average molecular weight is 488 g/mol. The SMILES string of the molecule is I.O=[N+]([O-])c1ccc(CN=C(NCC2CCCO2)NC2CCCCC2)cc1. The molecule has 1 aromatic rings. The van der Waals surface area contributed by atoms with Crippen molar-refractivity contribution < 1.29 is 9.66 Å². The number of rotatable bonds is 6. The van der Waals surface area contributed by atoms with Crippen LogP contribution in [-0.4, -0.2) is 36.2 Å². The van der Waals surface area contributed by atoms with Crippen LogP contribution in [0.15, 0.2) is 29.3 Å². The number of hydrogen-bond acceptors (Lipinski definition) is 4. The minimum atomic E-state index is -0.383. The molecule has 2 aliphatic rings. The molecule has 0 radical (unpaired) electrons. The number of nitro groups is 1. The third-order valence-corrected chi connectivity index (χ3v) is 5.03. The third kappa shape index (κ3) is 7.25. The first-order valence-electron chi connectivity index (χ1n) is 9.60. The maximum Gasteiger partial charge on any atom is 0.269 e. The summed E-state index contributed by atoms with van der Waals surface area (Å²) in [6, 6.07) is 7.05. The topological polar surface area (TPSA) is 88.8 Å². The highest BCUT2D eigenvalue weighted by atomic mass is 127. The summed E-state index contributed by atoms with van der Waals surface area (Å²) < 4.78 is 5.68. The van der Waals surface area contributed by atoms with Gasteiger partial charge in [-0.3, -0.25) is 10.1 Å². The highest BCUT2D eigenvalue weighted by Gasteiger charge is 2.18. The molecule has 8 heteroatoms. The number of non-ortho nitro benzene ring substituents is 1. The Morgan fingerprint density at radius 3 is 2.52 bits per heavy atom. The highest BCUT2D eigenvalue weighted by molar-refractivity contribution is 14.0. The minimum Gasteiger partial charge on any atom is -0.376 e. The lowest BCUT2D eigenvalue weighted by atomic mass is 9.96. The molecule has 1 unspecified atom stereocenters. The van der Waals surface area contributed by atoms with Gasteiger partial charge in [0.1, 0.15) is 0 Å². The van der Waals surface area contributed by atoms with E-state index in [0.717, 1.165) is 37.5 Å². The van der Waals surface area contributed by atoms with E-state index in [1.54, 1.807) is 12.1 Å². The summed E-state index contributed by atoms with van der Waals surface area (Å²) in [6.07, 6.45) is 8.67. The maximum absolute atomic E-state index is 10.8. The largest absolute Gasteiger partial charge is 0.376 e. The Morgan fingerprint density at radius 2 is 1.89 bits per heavy atom. The number of nitrogens with zero attached hydrogens (tertiary/aromatic N) is 2. The number of halogens is 1. The van der Waals surface area contributed by atoms with Crippen molar-refractivity contribution in [2.75, 3.05) is 13.2 Å². The molecule has 1 atom stereocenters. The van der Waals surface area contributed by atoms with Gasteiger partial charge < -0.3 is 15.4 Å². The van der Waals surface area contributed by atoms with E-state index in [-0.39, 0.29) is 40.7 Å². The second-order valence-corrected chi connectivity index (χ2v) is 7.08. The quantitative estimate of drug-likeness (QED) is 0.209. The molecule has 0 amide bonds. The maximum atomic E-state index is 10.8. The lowest BCUT2D eigenvalue weighted by Crippen LogP contribution is -2.46. The fraction of sp³-hybridized carbons (Fsp3) is 0.632. The van der Waals surface area contributed by atoms with E-state index in [9.17, 15) is 10.1 Å². The van der Waals surface area contributed by atoms with Gasteiger partial charge in [-0.25, -0.2) is 4.99 Å². The van der Waals surface area contributed by atoms with Crippen LogP contribution < -0.4 is 10.6 Å². The Morgan fingerprint density at radius 1 is 1.15 bits per heavy atom. The molecular weight excluding hydrogens is 459 g/mol. The summed E-state index contributed by atoms with van der Waals surface area (Å²) in [4.78, 5) is 15.1. The van der Waals surface area contributed by atoms with Gasteiger partial charge in [0, 0.05) is 31.3 Å². The van der Waals surface area contributed by atoms with Gasteiger partial charge in [-0.05, 0) is 31.2 Å². The van der Waals surface area contributed by atoms with Crippen molar-refractivity contribution in [1.82, 2.24) is 10.6 Å². The Balaban J connectivity index is 0.00000261. The van der Waals surface area contributed by atoms with Crippen molar-refractivity contribution in [2.24, 2.45) is 4.99 Å². The molecule has 2 fully saturated rings. The smallest absolute Gasteiger partial charge is 0.269 e. The van der Waals surface area contributed by atoms with Crippen molar-refractivity contribution >= 4 is 35.6 Å². The summed E-state index contributed by atoms with van der Waals surface area (Å²) >= 11 is 0. The molecule has 0 spiro atoms. The normalized spacial score (nSPS) is 20.7. The summed E-state index contributed by atoms with van der Waals surface area (Å²) in [7, 11) is 0. The van der Waals surface area contributed by atoms with Crippen LogP contribution in [0.1, 0.15) is 50.5 Å².